The molecule has 0 amide bonds. The molecule has 0 saturated carbocycles. The van der Waals surface area contributed by atoms with Crippen molar-refractivity contribution in [1.29, 1.82) is 0 Å². The zero-order chi connectivity index (χ0) is 72.3. The number of hydrogen-bond donors (Lipinski definition) is 3. The van der Waals surface area contributed by atoms with E-state index in [-0.39, 0.29) is 25.7 Å². The van der Waals surface area contributed by atoms with Gasteiger partial charge < -0.3 is 33.8 Å². The number of phosphoric acid groups is 2. The fourth-order valence-electron chi connectivity index (χ4n) is 11.6. The Morgan fingerprint density at radius 2 is 0.551 bits per heavy atom. The number of aliphatic hydroxyl groups excluding tert-OH is 1. The largest absolute Gasteiger partial charge is 0.472 e. The van der Waals surface area contributed by atoms with Crippen LogP contribution in [0.4, 0.5) is 0 Å². The second-order valence-electron chi connectivity index (χ2n) is 29.2. The summed E-state index contributed by atoms with van der Waals surface area (Å²) in [7, 11) is -9.93. The minimum absolute atomic E-state index is 0.0848. The lowest BCUT2D eigenvalue weighted by Crippen LogP contribution is -2.30. The van der Waals surface area contributed by atoms with E-state index in [1.54, 1.807) is 0 Å². The standard InChI is InChI=1S/C79H150O17P2/c1-8-9-10-11-12-13-14-15-17-21-28-33-40-48-55-62-78(83)95-74(66-89-76(81)60-53-46-39-32-27-24-23-26-31-37-44-51-58-71(4)5)68-93-97(85,86)91-64-73(80)65-92-98(87,88)94-69-75(67-90-77(82)61-54-47-42-35-38-45-52-59-72(6)7)96-79(84)63-56-49-41-34-29-22-19-16-18-20-25-30-36-43-50-57-70(2)3/h13-15,17,70-75,80H,8-12,16,18-69H2,1-7H3,(H,85,86)(H,87,88)/b14-13-,17-15-/t73?,74-,75-/m1/s1. The minimum atomic E-state index is -4.97. The summed E-state index contributed by atoms with van der Waals surface area (Å²) < 4.78 is 68.6. The molecule has 0 bridgehead atoms. The highest BCUT2D eigenvalue weighted by Crippen LogP contribution is 2.45. The number of unbranched alkanes of at least 4 members (excludes halogenated alkanes) is 40. The summed E-state index contributed by atoms with van der Waals surface area (Å²) in [5, 5.41) is 10.6. The van der Waals surface area contributed by atoms with Crippen LogP contribution >= 0.6 is 15.6 Å². The van der Waals surface area contributed by atoms with E-state index in [1.165, 1.54) is 173 Å². The molecule has 3 unspecified atom stereocenters. The summed E-state index contributed by atoms with van der Waals surface area (Å²) in [5.74, 6) is 0.139. The van der Waals surface area contributed by atoms with Crippen LogP contribution in [0.5, 0.6) is 0 Å². The Bertz CT molecular complexity index is 2000. The Hall–Kier alpha value is -2.46. The van der Waals surface area contributed by atoms with Crippen LogP contribution in [0.1, 0.15) is 382 Å². The lowest BCUT2D eigenvalue weighted by atomic mass is 10.0. The minimum Gasteiger partial charge on any atom is -0.462 e. The maximum atomic E-state index is 13.1. The molecule has 17 nitrogen and oxygen atoms in total. The third-order valence-electron chi connectivity index (χ3n) is 17.8. The van der Waals surface area contributed by atoms with Gasteiger partial charge in [0.2, 0.25) is 0 Å². The Morgan fingerprint density at radius 3 is 0.827 bits per heavy atom. The number of carbonyl (C=O) groups excluding carboxylic acids is 4. The number of allylic oxidation sites excluding steroid dienone is 4. The Labute approximate surface area is 599 Å². The van der Waals surface area contributed by atoms with Gasteiger partial charge in [0.25, 0.3) is 0 Å². The molecule has 0 fully saturated rings. The van der Waals surface area contributed by atoms with E-state index >= 15 is 0 Å². The molecule has 0 aromatic heterocycles. The Kier molecular flexibility index (Phi) is 67.2. The van der Waals surface area contributed by atoms with Gasteiger partial charge in [0.05, 0.1) is 26.4 Å². The second kappa shape index (κ2) is 68.9. The van der Waals surface area contributed by atoms with Gasteiger partial charge in [0.15, 0.2) is 12.2 Å². The molecule has 5 atom stereocenters. The molecule has 0 aromatic rings. The van der Waals surface area contributed by atoms with Crippen LogP contribution in [0, 0.1) is 17.8 Å². The van der Waals surface area contributed by atoms with Crippen LogP contribution in [0.3, 0.4) is 0 Å². The third kappa shape index (κ3) is 71.9. The number of ether oxygens (including phenoxy) is 4. The number of aliphatic hydroxyl groups is 1. The van der Waals surface area contributed by atoms with Crippen LogP contribution in [0.25, 0.3) is 0 Å². The van der Waals surface area contributed by atoms with Crippen molar-refractivity contribution in [3.63, 3.8) is 0 Å². The van der Waals surface area contributed by atoms with E-state index in [2.05, 4.69) is 72.8 Å². The van der Waals surface area contributed by atoms with Crippen molar-refractivity contribution >= 4 is 39.5 Å². The van der Waals surface area contributed by atoms with Crippen molar-refractivity contribution in [2.24, 2.45) is 17.8 Å². The van der Waals surface area contributed by atoms with Gasteiger partial charge >= 0.3 is 39.5 Å². The highest BCUT2D eigenvalue weighted by molar-refractivity contribution is 7.47. The third-order valence-corrected chi connectivity index (χ3v) is 19.7. The zero-order valence-corrected chi connectivity index (χ0v) is 65.5. The van der Waals surface area contributed by atoms with Crippen molar-refractivity contribution in [1.82, 2.24) is 0 Å². The van der Waals surface area contributed by atoms with Crippen LogP contribution < -0.4 is 0 Å². The second-order valence-corrected chi connectivity index (χ2v) is 32.1. The zero-order valence-electron chi connectivity index (χ0n) is 63.7. The molecule has 0 saturated heterocycles. The molecular weight excluding hydrogens is 1280 g/mol. The number of carbonyl (C=O) groups is 4. The summed E-state index contributed by atoms with van der Waals surface area (Å²) in [6.07, 6.45) is 59.1. The summed E-state index contributed by atoms with van der Waals surface area (Å²) >= 11 is 0. The van der Waals surface area contributed by atoms with E-state index < -0.39 is 97.5 Å². The summed E-state index contributed by atoms with van der Waals surface area (Å²) in [5.41, 5.74) is 0. The van der Waals surface area contributed by atoms with Gasteiger partial charge in [-0.3, -0.25) is 37.3 Å². The molecule has 0 aliphatic heterocycles. The van der Waals surface area contributed by atoms with E-state index in [0.717, 1.165) is 121 Å². The number of esters is 4. The fraction of sp³-hybridized carbons (Fsp3) is 0.899. The topological polar surface area (TPSA) is 237 Å². The fourth-order valence-corrected chi connectivity index (χ4v) is 13.2. The van der Waals surface area contributed by atoms with E-state index in [1.807, 2.05) is 0 Å². The molecule has 0 aromatic carbocycles. The molecule has 0 aliphatic rings. The first-order valence-electron chi connectivity index (χ1n) is 40.2. The van der Waals surface area contributed by atoms with Gasteiger partial charge in [-0.25, -0.2) is 9.13 Å². The van der Waals surface area contributed by atoms with Crippen LogP contribution in [0.2, 0.25) is 0 Å². The Balaban J connectivity index is 5.27. The first-order chi connectivity index (χ1) is 47.2. The average Bonchev–Trinajstić information content (AvgIpc) is 0.984. The van der Waals surface area contributed by atoms with Gasteiger partial charge in [-0.15, -0.1) is 0 Å². The maximum Gasteiger partial charge on any atom is 0.472 e. The highest BCUT2D eigenvalue weighted by atomic mass is 31.2. The molecule has 0 rings (SSSR count). The van der Waals surface area contributed by atoms with Gasteiger partial charge in [-0.05, 0) is 69.1 Å². The Morgan fingerprint density at radius 1 is 0.316 bits per heavy atom. The maximum absolute atomic E-state index is 13.1. The number of phosphoric ester groups is 2. The quantitative estimate of drug-likeness (QED) is 0.0169. The van der Waals surface area contributed by atoms with Gasteiger partial charge in [-0.1, -0.05) is 330 Å². The van der Waals surface area contributed by atoms with Crippen LogP contribution in [-0.4, -0.2) is 96.7 Å². The van der Waals surface area contributed by atoms with E-state index in [9.17, 15) is 43.2 Å². The van der Waals surface area contributed by atoms with Crippen molar-refractivity contribution in [2.45, 2.75) is 401 Å². The molecule has 0 heterocycles. The average molecular weight is 1430 g/mol. The molecule has 19 heteroatoms. The molecule has 578 valence electrons. The molecule has 3 N–H and O–H groups in total. The lowest BCUT2D eigenvalue weighted by Gasteiger charge is -2.21. The first kappa shape index (κ1) is 95.5. The first-order valence-corrected chi connectivity index (χ1v) is 43.2. The smallest absolute Gasteiger partial charge is 0.462 e. The summed E-state index contributed by atoms with van der Waals surface area (Å²) in [6, 6.07) is 0. The monoisotopic (exact) mass is 1430 g/mol. The van der Waals surface area contributed by atoms with Crippen molar-refractivity contribution in [3.8, 4) is 0 Å². The van der Waals surface area contributed by atoms with Gasteiger partial charge in [0.1, 0.15) is 19.3 Å². The van der Waals surface area contributed by atoms with Crippen molar-refractivity contribution < 1.29 is 80.2 Å². The van der Waals surface area contributed by atoms with Crippen LogP contribution in [-0.2, 0) is 65.4 Å². The highest BCUT2D eigenvalue weighted by Gasteiger charge is 2.30. The van der Waals surface area contributed by atoms with E-state index in [0.29, 0.717) is 31.6 Å². The van der Waals surface area contributed by atoms with Gasteiger partial charge in [-0.2, -0.15) is 0 Å². The molecular formula is C79H150O17P2. The van der Waals surface area contributed by atoms with Crippen molar-refractivity contribution in [2.75, 3.05) is 39.6 Å². The lowest BCUT2D eigenvalue weighted by molar-refractivity contribution is -0.161. The normalized spacial score (nSPS) is 14.2. The van der Waals surface area contributed by atoms with Crippen molar-refractivity contribution in [3.05, 3.63) is 24.3 Å². The van der Waals surface area contributed by atoms with Crippen LogP contribution in [0.15, 0.2) is 24.3 Å². The number of rotatable bonds is 75. The SMILES string of the molecule is CCCCCC/C=C\C=C/CCCCCCCC(=O)O[C@H](COC(=O)CCCCCCCCCCCCCCC(C)C)COP(=O)(O)OCC(O)COP(=O)(O)OC[C@@H](COC(=O)CCCCCCCCCC(C)C)OC(=O)CCCCCCCCCCCCCCCCCC(C)C. The molecule has 0 spiro atoms. The predicted molar refractivity (Wildman–Crippen MR) is 400 cm³/mol. The summed E-state index contributed by atoms with van der Waals surface area (Å²) in [4.78, 5) is 72.9. The van der Waals surface area contributed by atoms with E-state index in [4.69, 9.17) is 37.0 Å². The summed E-state index contributed by atoms with van der Waals surface area (Å²) in [6.45, 7) is 11.8. The van der Waals surface area contributed by atoms with Gasteiger partial charge in [0, 0.05) is 25.7 Å². The molecule has 0 aliphatic carbocycles. The number of hydrogen-bond acceptors (Lipinski definition) is 15. The predicted octanol–water partition coefficient (Wildman–Crippen LogP) is 22.9. The molecule has 0 radical (unpaired) electrons. The molecule has 98 heavy (non-hydrogen) atoms.